The van der Waals surface area contributed by atoms with Crippen molar-refractivity contribution in [2.75, 3.05) is 0 Å². The third-order valence-corrected chi connectivity index (χ3v) is 5.95. The van der Waals surface area contributed by atoms with Crippen LogP contribution in [0.15, 0.2) is 28.6 Å². The van der Waals surface area contributed by atoms with E-state index in [9.17, 15) is 4.39 Å². The lowest BCUT2D eigenvalue weighted by atomic mass is 10.3. The fourth-order valence-corrected chi connectivity index (χ4v) is 4.47. The van der Waals surface area contributed by atoms with Gasteiger partial charge in [0, 0.05) is 0 Å². The summed E-state index contributed by atoms with van der Waals surface area (Å²) in [5, 5.41) is 22.6. The molecule has 0 saturated carbocycles. The van der Waals surface area contributed by atoms with Crippen LogP contribution in [0.1, 0.15) is 15.8 Å². The van der Waals surface area contributed by atoms with Crippen molar-refractivity contribution in [1.82, 2.24) is 30.0 Å². The number of nitrogens with zero attached hydrogens (tertiary/aromatic N) is 6. The lowest BCUT2D eigenvalue weighted by Gasteiger charge is -2.02. The number of aryl methyl sites for hydroxylation is 1. The van der Waals surface area contributed by atoms with Gasteiger partial charge in [-0.1, -0.05) is 34.4 Å². The summed E-state index contributed by atoms with van der Waals surface area (Å²) in [7, 11) is 0. The van der Waals surface area contributed by atoms with Crippen molar-refractivity contribution in [1.29, 1.82) is 0 Å². The molecule has 3 aromatic heterocycles. The third-order valence-electron chi connectivity index (χ3n) is 3.11. The smallest absolute Gasteiger partial charge is 0.234 e. The fourth-order valence-electron chi connectivity index (χ4n) is 1.98. The van der Waals surface area contributed by atoms with Gasteiger partial charge >= 0.3 is 0 Å². The van der Waals surface area contributed by atoms with Crippen LogP contribution in [0.3, 0.4) is 0 Å². The second-order valence-electron chi connectivity index (χ2n) is 4.92. The molecule has 0 aliphatic heterocycles. The monoisotopic (exact) mass is 394 g/mol. The molecule has 0 fully saturated rings. The highest BCUT2D eigenvalue weighted by Gasteiger charge is 2.13. The molecule has 11 heteroatoms. The fraction of sp³-hybridized carbons (Fsp3) is 0.214. The van der Waals surface area contributed by atoms with E-state index in [0.29, 0.717) is 23.1 Å². The predicted octanol–water partition coefficient (Wildman–Crippen LogP) is 3.36. The Labute approximate surface area is 153 Å². The van der Waals surface area contributed by atoms with Crippen LogP contribution in [-0.2, 0) is 12.4 Å². The first kappa shape index (κ1) is 16.4. The minimum Gasteiger partial charge on any atom is -0.486 e. The number of hydrogen-bond acceptors (Lipinski definition) is 9. The van der Waals surface area contributed by atoms with Crippen molar-refractivity contribution in [3.05, 3.63) is 45.9 Å². The molecule has 0 aliphatic rings. The molecule has 0 aliphatic carbocycles. The van der Waals surface area contributed by atoms with Crippen LogP contribution >= 0.6 is 34.4 Å². The van der Waals surface area contributed by atoms with E-state index in [1.165, 1.54) is 23.5 Å². The van der Waals surface area contributed by atoms with Gasteiger partial charge in [0.15, 0.2) is 15.2 Å². The summed E-state index contributed by atoms with van der Waals surface area (Å²) in [4.78, 5) is 0.710. The summed E-state index contributed by atoms with van der Waals surface area (Å²) in [6, 6.07) is 5.89. The summed E-state index contributed by atoms with van der Waals surface area (Å²) >= 11 is 4.51. The average molecular weight is 394 g/mol. The zero-order valence-electron chi connectivity index (χ0n) is 12.9. The van der Waals surface area contributed by atoms with Crippen LogP contribution in [0.4, 0.5) is 4.39 Å². The molecule has 1 aromatic carbocycles. The minimum atomic E-state index is -0.293. The maximum Gasteiger partial charge on any atom is 0.234 e. The van der Waals surface area contributed by atoms with Crippen molar-refractivity contribution in [2.24, 2.45) is 0 Å². The van der Waals surface area contributed by atoms with Crippen LogP contribution in [0, 0.1) is 12.7 Å². The van der Waals surface area contributed by atoms with E-state index in [0.717, 1.165) is 20.2 Å². The van der Waals surface area contributed by atoms with Crippen LogP contribution in [0.5, 0.6) is 5.75 Å². The number of halogens is 1. The van der Waals surface area contributed by atoms with Gasteiger partial charge in [-0.2, -0.15) is 9.61 Å². The molecule has 3 heterocycles. The second kappa shape index (κ2) is 7.02. The van der Waals surface area contributed by atoms with E-state index in [1.807, 2.05) is 6.92 Å². The van der Waals surface area contributed by atoms with Gasteiger partial charge in [0.2, 0.25) is 4.96 Å². The molecule has 128 valence electrons. The van der Waals surface area contributed by atoms with Gasteiger partial charge in [-0.05, 0) is 31.2 Å². The van der Waals surface area contributed by atoms with E-state index < -0.39 is 0 Å². The van der Waals surface area contributed by atoms with Gasteiger partial charge in [0.25, 0.3) is 0 Å². The van der Waals surface area contributed by atoms with E-state index >= 15 is 0 Å². The molecular formula is C14H11FN6OS3. The quantitative estimate of drug-likeness (QED) is 0.464. The molecule has 7 nitrogen and oxygen atoms in total. The van der Waals surface area contributed by atoms with Crippen LogP contribution in [0.2, 0.25) is 0 Å². The molecule has 0 radical (unpaired) electrons. The number of rotatable bonds is 6. The molecule has 0 spiro atoms. The van der Waals surface area contributed by atoms with Gasteiger partial charge < -0.3 is 4.74 Å². The zero-order chi connectivity index (χ0) is 17.2. The van der Waals surface area contributed by atoms with E-state index in [-0.39, 0.29) is 5.82 Å². The average Bonchev–Trinajstić information content (AvgIpc) is 3.29. The van der Waals surface area contributed by atoms with Gasteiger partial charge in [-0.15, -0.1) is 20.4 Å². The van der Waals surface area contributed by atoms with E-state index in [4.69, 9.17) is 4.74 Å². The van der Waals surface area contributed by atoms with Crippen molar-refractivity contribution in [2.45, 2.75) is 23.6 Å². The zero-order valence-corrected chi connectivity index (χ0v) is 15.4. The Morgan fingerprint density at radius 2 is 1.96 bits per heavy atom. The largest absolute Gasteiger partial charge is 0.486 e. The van der Waals surface area contributed by atoms with Gasteiger partial charge in [0.05, 0.1) is 5.75 Å². The Morgan fingerprint density at radius 1 is 1.12 bits per heavy atom. The van der Waals surface area contributed by atoms with Crippen LogP contribution < -0.4 is 4.74 Å². The summed E-state index contributed by atoms with van der Waals surface area (Å²) < 4.78 is 21.1. The first-order valence-electron chi connectivity index (χ1n) is 7.18. The highest BCUT2D eigenvalue weighted by Crippen LogP contribution is 2.26. The first-order valence-corrected chi connectivity index (χ1v) is 9.80. The van der Waals surface area contributed by atoms with Crippen molar-refractivity contribution < 1.29 is 9.13 Å². The standard InChI is InChI=1S/C14H11FN6OS3/c1-8-16-19-14(24-8)23-7-11-17-18-13-21(11)20-12(25-13)6-22-10-4-2-9(15)3-5-10/h2-5H,6-7H2,1H3. The van der Waals surface area contributed by atoms with Crippen molar-refractivity contribution >= 4 is 39.4 Å². The van der Waals surface area contributed by atoms with Crippen LogP contribution in [0.25, 0.3) is 4.96 Å². The SMILES string of the molecule is Cc1nnc(SCc2nnc3sc(COc4ccc(F)cc4)nn23)s1. The Balaban J connectivity index is 1.43. The maximum absolute atomic E-state index is 12.9. The van der Waals surface area contributed by atoms with Crippen molar-refractivity contribution in [3.63, 3.8) is 0 Å². The molecule has 4 aromatic rings. The Kier molecular flexibility index (Phi) is 4.59. The van der Waals surface area contributed by atoms with Gasteiger partial charge in [0.1, 0.15) is 23.2 Å². The highest BCUT2D eigenvalue weighted by molar-refractivity contribution is 8.00. The second-order valence-corrected chi connectivity index (χ2v) is 8.37. The molecule has 0 atom stereocenters. The Morgan fingerprint density at radius 3 is 2.72 bits per heavy atom. The maximum atomic E-state index is 12.9. The topological polar surface area (TPSA) is 78.1 Å². The number of thioether (sulfide) groups is 1. The first-order chi connectivity index (χ1) is 12.2. The molecule has 25 heavy (non-hydrogen) atoms. The summed E-state index contributed by atoms with van der Waals surface area (Å²) in [6.45, 7) is 2.21. The molecular weight excluding hydrogens is 383 g/mol. The molecule has 0 N–H and O–H groups in total. The molecule has 0 unspecified atom stereocenters. The van der Waals surface area contributed by atoms with Gasteiger partial charge in [-0.3, -0.25) is 0 Å². The van der Waals surface area contributed by atoms with Crippen molar-refractivity contribution in [3.8, 4) is 5.75 Å². The molecule has 0 amide bonds. The highest BCUT2D eigenvalue weighted by atomic mass is 32.2. The number of aromatic nitrogens is 6. The number of fused-ring (bicyclic) bond motifs is 1. The van der Waals surface area contributed by atoms with E-state index in [2.05, 4.69) is 25.5 Å². The predicted molar refractivity (Wildman–Crippen MR) is 93.6 cm³/mol. The minimum absolute atomic E-state index is 0.293. The number of hydrogen-bond donors (Lipinski definition) is 0. The summed E-state index contributed by atoms with van der Waals surface area (Å²) in [6.07, 6.45) is 0. The number of benzene rings is 1. The molecule has 4 rings (SSSR count). The Hall–Kier alpha value is -2.11. The van der Waals surface area contributed by atoms with E-state index in [1.54, 1.807) is 39.7 Å². The van der Waals surface area contributed by atoms with Gasteiger partial charge in [-0.25, -0.2) is 4.39 Å². The molecule has 0 bridgehead atoms. The number of ether oxygens (including phenoxy) is 1. The van der Waals surface area contributed by atoms with Crippen LogP contribution in [-0.4, -0.2) is 30.0 Å². The third kappa shape index (κ3) is 3.78. The molecule has 0 saturated heterocycles. The lowest BCUT2D eigenvalue weighted by Crippen LogP contribution is -1.98. The lowest BCUT2D eigenvalue weighted by molar-refractivity contribution is 0.303. The summed E-state index contributed by atoms with van der Waals surface area (Å²) in [5.74, 6) is 1.66. The Bertz CT molecular complexity index is 996. The normalized spacial score (nSPS) is 11.3. The summed E-state index contributed by atoms with van der Waals surface area (Å²) in [5.41, 5.74) is 0.